The van der Waals surface area contributed by atoms with E-state index < -0.39 is 0 Å². The van der Waals surface area contributed by atoms with Gasteiger partial charge in [-0.1, -0.05) is 6.07 Å². The van der Waals surface area contributed by atoms with Crippen LogP contribution in [-0.4, -0.2) is 57.6 Å². The Bertz CT molecular complexity index is 508. The van der Waals surface area contributed by atoms with Crippen LogP contribution in [0, 0.1) is 5.92 Å². The van der Waals surface area contributed by atoms with Crippen LogP contribution >= 0.6 is 24.0 Å². The summed E-state index contributed by atoms with van der Waals surface area (Å²) in [6, 6.07) is 3.82. The van der Waals surface area contributed by atoms with E-state index in [4.69, 9.17) is 14.2 Å². The zero-order valence-electron chi connectivity index (χ0n) is 15.7. The molecule has 0 saturated carbocycles. The summed E-state index contributed by atoms with van der Waals surface area (Å²) in [5.41, 5.74) is 1.04. The van der Waals surface area contributed by atoms with Gasteiger partial charge in [-0.05, 0) is 25.3 Å². The SMILES string of the molecule is CCNC(=NCc1ccc(OC)nc1)NCCCOCC1CCOC1.I. The summed E-state index contributed by atoms with van der Waals surface area (Å²) in [4.78, 5) is 8.77. The maximum Gasteiger partial charge on any atom is 0.212 e. The van der Waals surface area contributed by atoms with Gasteiger partial charge in [0.05, 0.1) is 26.9 Å². The minimum absolute atomic E-state index is 0. The van der Waals surface area contributed by atoms with Crippen LogP contribution in [0.15, 0.2) is 23.3 Å². The first-order valence-electron chi connectivity index (χ1n) is 8.98. The fourth-order valence-electron chi connectivity index (χ4n) is 2.48. The standard InChI is InChI=1S/C18H30N4O3.HI/c1-3-19-18(22-12-15-5-6-17(23-2)21-11-15)20-8-4-9-24-13-16-7-10-25-14-16;/h5-6,11,16H,3-4,7-10,12-14H2,1-2H3,(H2,19,20,22);1H. The van der Waals surface area contributed by atoms with Crippen molar-refractivity contribution in [3.63, 3.8) is 0 Å². The molecule has 2 N–H and O–H groups in total. The lowest BCUT2D eigenvalue weighted by molar-refractivity contribution is 0.0888. The van der Waals surface area contributed by atoms with Crippen LogP contribution in [0.3, 0.4) is 0 Å². The zero-order chi connectivity index (χ0) is 17.7. The molecule has 1 unspecified atom stereocenters. The molecular formula is C18H31IN4O3. The Morgan fingerprint density at radius 2 is 2.27 bits per heavy atom. The van der Waals surface area contributed by atoms with Crippen molar-refractivity contribution in [1.82, 2.24) is 15.6 Å². The lowest BCUT2D eigenvalue weighted by Gasteiger charge is -2.12. The highest BCUT2D eigenvalue weighted by molar-refractivity contribution is 14.0. The van der Waals surface area contributed by atoms with Crippen molar-refractivity contribution in [2.75, 3.05) is 46.6 Å². The topological polar surface area (TPSA) is 77.0 Å². The second kappa shape index (κ2) is 14.0. The van der Waals surface area contributed by atoms with E-state index in [0.29, 0.717) is 18.3 Å². The third-order valence-corrected chi connectivity index (χ3v) is 3.91. The van der Waals surface area contributed by atoms with Gasteiger partial charge in [0.15, 0.2) is 5.96 Å². The van der Waals surface area contributed by atoms with Gasteiger partial charge in [0.2, 0.25) is 5.88 Å². The molecule has 0 aromatic carbocycles. The van der Waals surface area contributed by atoms with Crippen LogP contribution in [0.25, 0.3) is 0 Å². The van der Waals surface area contributed by atoms with Gasteiger partial charge in [0, 0.05) is 44.5 Å². The Kier molecular flexibility index (Phi) is 12.3. The van der Waals surface area contributed by atoms with Crippen molar-refractivity contribution in [3.8, 4) is 5.88 Å². The van der Waals surface area contributed by atoms with Crippen molar-refractivity contribution < 1.29 is 14.2 Å². The van der Waals surface area contributed by atoms with Gasteiger partial charge in [-0.25, -0.2) is 9.98 Å². The number of halogens is 1. The maximum absolute atomic E-state index is 5.71. The Morgan fingerprint density at radius 1 is 1.38 bits per heavy atom. The van der Waals surface area contributed by atoms with Crippen LogP contribution in [0.4, 0.5) is 0 Å². The van der Waals surface area contributed by atoms with E-state index in [0.717, 1.165) is 63.9 Å². The summed E-state index contributed by atoms with van der Waals surface area (Å²) in [7, 11) is 1.61. The number of guanidine groups is 1. The summed E-state index contributed by atoms with van der Waals surface area (Å²) in [5, 5.41) is 6.58. The summed E-state index contributed by atoms with van der Waals surface area (Å²) < 4.78 is 16.1. The highest BCUT2D eigenvalue weighted by Gasteiger charge is 2.15. The van der Waals surface area contributed by atoms with Crippen LogP contribution in [0.1, 0.15) is 25.3 Å². The molecule has 0 radical (unpaired) electrons. The van der Waals surface area contributed by atoms with Gasteiger partial charge in [0.25, 0.3) is 0 Å². The quantitative estimate of drug-likeness (QED) is 0.233. The lowest BCUT2D eigenvalue weighted by atomic mass is 10.1. The highest BCUT2D eigenvalue weighted by atomic mass is 127. The summed E-state index contributed by atoms with van der Waals surface area (Å²) in [6.07, 6.45) is 3.85. The van der Waals surface area contributed by atoms with Gasteiger partial charge in [0.1, 0.15) is 0 Å². The Morgan fingerprint density at radius 3 is 2.92 bits per heavy atom. The number of pyridine rings is 1. The van der Waals surface area contributed by atoms with Gasteiger partial charge in [-0.15, -0.1) is 24.0 Å². The second-order valence-electron chi connectivity index (χ2n) is 5.99. The number of methoxy groups -OCH3 is 1. The fourth-order valence-corrected chi connectivity index (χ4v) is 2.48. The molecule has 0 aliphatic carbocycles. The first-order chi connectivity index (χ1) is 12.3. The average Bonchev–Trinajstić information content (AvgIpc) is 3.16. The molecule has 1 aromatic rings. The van der Waals surface area contributed by atoms with E-state index >= 15 is 0 Å². The Balaban J connectivity index is 0.00000338. The molecule has 7 nitrogen and oxygen atoms in total. The van der Waals surface area contributed by atoms with Crippen molar-refractivity contribution >= 4 is 29.9 Å². The molecule has 1 aliphatic rings. The van der Waals surface area contributed by atoms with E-state index in [-0.39, 0.29) is 24.0 Å². The number of hydrogen-bond acceptors (Lipinski definition) is 5. The van der Waals surface area contributed by atoms with Crippen molar-refractivity contribution in [2.45, 2.75) is 26.3 Å². The van der Waals surface area contributed by atoms with Crippen LogP contribution in [-0.2, 0) is 16.0 Å². The fraction of sp³-hybridized carbons (Fsp3) is 0.667. The number of hydrogen-bond donors (Lipinski definition) is 2. The van der Waals surface area contributed by atoms with Crippen LogP contribution < -0.4 is 15.4 Å². The molecular weight excluding hydrogens is 447 g/mol. The minimum atomic E-state index is 0. The van der Waals surface area contributed by atoms with E-state index in [1.807, 2.05) is 12.1 Å². The number of ether oxygens (including phenoxy) is 3. The lowest BCUT2D eigenvalue weighted by Crippen LogP contribution is -2.38. The zero-order valence-corrected chi connectivity index (χ0v) is 18.0. The van der Waals surface area contributed by atoms with Crippen molar-refractivity contribution in [3.05, 3.63) is 23.9 Å². The molecule has 8 heteroatoms. The first-order valence-corrected chi connectivity index (χ1v) is 8.98. The molecule has 2 heterocycles. The summed E-state index contributed by atoms with van der Waals surface area (Å²) >= 11 is 0. The van der Waals surface area contributed by atoms with Gasteiger partial charge in [-0.3, -0.25) is 0 Å². The Hall–Kier alpha value is -1.13. The van der Waals surface area contributed by atoms with Gasteiger partial charge >= 0.3 is 0 Å². The molecule has 2 rings (SSSR count). The number of nitrogens with zero attached hydrogens (tertiary/aromatic N) is 2. The summed E-state index contributed by atoms with van der Waals surface area (Å²) in [5.74, 6) is 1.99. The van der Waals surface area contributed by atoms with Crippen LogP contribution in [0.5, 0.6) is 5.88 Å². The maximum atomic E-state index is 5.71. The smallest absolute Gasteiger partial charge is 0.212 e. The third kappa shape index (κ3) is 9.00. The number of aromatic nitrogens is 1. The molecule has 1 fully saturated rings. The first kappa shape index (κ1) is 22.9. The predicted octanol–water partition coefficient (Wildman–Crippen LogP) is 2.21. The second-order valence-corrected chi connectivity index (χ2v) is 5.99. The molecule has 1 aliphatic heterocycles. The molecule has 26 heavy (non-hydrogen) atoms. The van der Waals surface area contributed by atoms with E-state index in [1.54, 1.807) is 13.3 Å². The molecule has 0 spiro atoms. The molecule has 1 saturated heterocycles. The summed E-state index contributed by atoms with van der Waals surface area (Å²) in [6.45, 7) is 7.56. The van der Waals surface area contributed by atoms with Crippen LogP contribution in [0.2, 0.25) is 0 Å². The normalized spacial score (nSPS) is 16.8. The van der Waals surface area contributed by atoms with Crippen molar-refractivity contribution in [2.24, 2.45) is 10.9 Å². The highest BCUT2D eigenvalue weighted by Crippen LogP contribution is 2.12. The molecule has 0 bridgehead atoms. The van der Waals surface area contributed by atoms with E-state index in [9.17, 15) is 0 Å². The van der Waals surface area contributed by atoms with Gasteiger partial charge in [-0.2, -0.15) is 0 Å². The molecule has 1 aromatic heterocycles. The largest absolute Gasteiger partial charge is 0.481 e. The molecule has 148 valence electrons. The van der Waals surface area contributed by atoms with Gasteiger partial charge < -0.3 is 24.8 Å². The third-order valence-electron chi connectivity index (χ3n) is 3.91. The average molecular weight is 478 g/mol. The number of aliphatic imine (C=N–C) groups is 1. The van der Waals surface area contributed by atoms with Crippen molar-refractivity contribution in [1.29, 1.82) is 0 Å². The monoisotopic (exact) mass is 478 g/mol. The number of rotatable bonds is 10. The number of nitrogens with one attached hydrogen (secondary N) is 2. The minimum Gasteiger partial charge on any atom is -0.481 e. The molecule has 0 amide bonds. The van der Waals surface area contributed by atoms with E-state index in [2.05, 4.69) is 27.5 Å². The predicted molar refractivity (Wildman–Crippen MR) is 113 cm³/mol. The van der Waals surface area contributed by atoms with E-state index in [1.165, 1.54) is 0 Å². The molecule has 1 atom stereocenters. The Labute approximate surface area is 173 Å².